The molecule has 3 rings (SSSR count). The average molecular weight is 289 g/mol. The minimum atomic E-state index is -0.314. The van der Waals surface area contributed by atoms with Crippen LogP contribution in [0.25, 0.3) is 0 Å². The molecule has 1 N–H and O–H groups in total. The number of carbonyl (C=O) groups excluding carboxylic acids is 1. The Morgan fingerprint density at radius 2 is 2.10 bits per heavy atom. The lowest BCUT2D eigenvalue weighted by Crippen LogP contribution is -2.36. The van der Waals surface area contributed by atoms with Gasteiger partial charge in [0.1, 0.15) is 5.82 Å². The summed E-state index contributed by atoms with van der Waals surface area (Å²) < 4.78 is 23.9. The molecule has 1 amide bonds. The van der Waals surface area contributed by atoms with Crippen LogP contribution < -0.4 is 5.32 Å². The molecule has 0 spiro atoms. The predicted molar refractivity (Wildman–Crippen MR) is 74.3 cm³/mol. The maximum Gasteiger partial charge on any atom is 0.287 e. The monoisotopic (exact) mass is 289 g/mol. The van der Waals surface area contributed by atoms with Gasteiger partial charge in [0.2, 0.25) is 0 Å². The van der Waals surface area contributed by atoms with Crippen molar-refractivity contribution in [2.24, 2.45) is 0 Å². The number of hydrogen-bond acceptors (Lipinski definition) is 3. The molecule has 110 valence electrons. The van der Waals surface area contributed by atoms with Crippen LogP contribution in [0, 0.1) is 5.82 Å². The van der Waals surface area contributed by atoms with Gasteiger partial charge >= 0.3 is 0 Å². The molecule has 0 bridgehead atoms. The van der Waals surface area contributed by atoms with Gasteiger partial charge in [-0.2, -0.15) is 0 Å². The van der Waals surface area contributed by atoms with E-state index in [1.807, 2.05) is 0 Å². The quantitative estimate of drug-likeness (QED) is 0.941. The summed E-state index contributed by atoms with van der Waals surface area (Å²) in [4.78, 5) is 12.2. The van der Waals surface area contributed by atoms with Crippen LogP contribution in [-0.2, 0) is 4.74 Å². The highest BCUT2D eigenvalue weighted by atomic mass is 19.1. The van der Waals surface area contributed by atoms with Gasteiger partial charge in [-0.15, -0.1) is 0 Å². The van der Waals surface area contributed by atoms with E-state index >= 15 is 0 Å². The van der Waals surface area contributed by atoms with Crippen molar-refractivity contribution in [2.75, 3.05) is 6.61 Å². The van der Waals surface area contributed by atoms with Gasteiger partial charge in [-0.3, -0.25) is 4.79 Å². The number of hydrogen-bond donors (Lipinski definition) is 1. The topological polar surface area (TPSA) is 51.5 Å². The van der Waals surface area contributed by atoms with Crippen molar-refractivity contribution in [3.63, 3.8) is 0 Å². The molecular weight excluding hydrogens is 273 g/mol. The Bertz CT molecular complexity index is 588. The van der Waals surface area contributed by atoms with Crippen LogP contribution in [0.2, 0.25) is 0 Å². The molecule has 0 unspecified atom stereocenters. The first-order chi connectivity index (χ1) is 10.2. The van der Waals surface area contributed by atoms with Gasteiger partial charge < -0.3 is 14.5 Å². The van der Waals surface area contributed by atoms with Crippen LogP contribution in [0.4, 0.5) is 4.39 Å². The van der Waals surface area contributed by atoms with E-state index in [4.69, 9.17) is 9.15 Å². The summed E-state index contributed by atoms with van der Waals surface area (Å²) in [5.41, 5.74) is 0.822. The van der Waals surface area contributed by atoms with Crippen molar-refractivity contribution >= 4 is 5.91 Å². The molecule has 5 heteroatoms. The summed E-state index contributed by atoms with van der Waals surface area (Å²) >= 11 is 0. The Kier molecular flexibility index (Phi) is 4.01. The number of amides is 1. The fraction of sp³-hybridized carbons (Fsp3) is 0.312. The Balaban J connectivity index is 1.82. The SMILES string of the molecule is O=C(N[C@H](c1ccc(F)cc1)[C@H]1CCCO1)c1ccco1. The van der Waals surface area contributed by atoms with Gasteiger partial charge in [-0.25, -0.2) is 4.39 Å². The summed E-state index contributed by atoms with van der Waals surface area (Å²) in [7, 11) is 0. The summed E-state index contributed by atoms with van der Waals surface area (Å²) in [5.74, 6) is -0.355. The van der Waals surface area contributed by atoms with E-state index in [-0.39, 0.29) is 29.6 Å². The minimum absolute atomic E-state index is 0.102. The van der Waals surface area contributed by atoms with E-state index in [0.29, 0.717) is 6.61 Å². The van der Waals surface area contributed by atoms with Crippen molar-refractivity contribution in [1.29, 1.82) is 0 Å². The lowest BCUT2D eigenvalue weighted by molar-refractivity contribution is 0.0658. The Labute approximate surface area is 121 Å². The second kappa shape index (κ2) is 6.10. The van der Waals surface area contributed by atoms with Gasteiger partial charge in [0.15, 0.2) is 5.76 Å². The van der Waals surface area contributed by atoms with Crippen molar-refractivity contribution in [2.45, 2.75) is 25.0 Å². The second-order valence-corrected chi connectivity index (χ2v) is 5.03. The molecule has 1 aromatic heterocycles. The molecule has 2 heterocycles. The number of ether oxygens (including phenoxy) is 1. The van der Waals surface area contributed by atoms with Gasteiger partial charge in [0.05, 0.1) is 18.4 Å². The van der Waals surface area contributed by atoms with Gasteiger partial charge in [0.25, 0.3) is 5.91 Å². The van der Waals surface area contributed by atoms with E-state index in [9.17, 15) is 9.18 Å². The third-order valence-corrected chi connectivity index (χ3v) is 3.60. The zero-order chi connectivity index (χ0) is 14.7. The molecule has 1 saturated heterocycles. The largest absolute Gasteiger partial charge is 0.459 e. The molecule has 4 nitrogen and oxygen atoms in total. The van der Waals surface area contributed by atoms with Crippen molar-refractivity contribution in [1.82, 2.24) is 5.32 Å². The Morgan fingerprint density at radius 3 is 2.71 bits per heavy atom. The number of halogens is 1. The fourth-order valence-corrected chi connectivity index (χ4v) is 2.55. The van der Waals surface area contributed by atoms with Gasteiger partial charge in [-0.1, -0.05) is 12.1 Å². The van der Waals surface area contributed by atoms with Crippen LogP contribution in [0.3, 0.4) is 0 Å². The third kappa shape index (κ3) is 3.13. The van der Waals surface area contributed by atoms with Crippen LogP contribution >= 0.6 is 0 Å². The molecule has 2 aromatic rings. The minimum Gasteiger partial charge on any atom is -0.459 e. The standard InChI is InChI=1S/C16H16FNO3/c17-12-7-5-11(6-8-12)15(13-3-1-9-20-13)18-16(19)14-4-2-10-21-14/h2,4-8,10,13,15H,1,3,9H2,(H,18,19)/t13-,15-/m1/s1. The van der Waals surface area contributed by atoms with Crippen LogP contribution in [0.15, 0.2) is 47.1 Å². The zero-order valence-electron chi connectivity index (χ0n) is 11.4. The van der Waals surface area contributed by atoms with E-state index in [1.165, 1.54) is 18.4 Å². The van der Waals surface area contributed by atoms with Crippen molar-refractivity contribution < 1.29 is 18.3 Å². The van der Waals surface area contributed by atoms with E-state index in [0.717, 1.165) is 18.4 Å². The molecule has 2 atom stereocenters. The van der Waals surface area contributed by atoms with Crippen molar-refractivity contribution in [3.8, 4) is 0 Å². The average Bonchev–Trinajstić information content (AvgIpc) is 3.19. The molecule has 1 aliphatic rings. The number of nitrogens with one attached hydrogen (secondary N) is 1. The highest BCUT2D eigenvalue weighted by molar-refractivity contribution is 5.91. The number of carbonyl (C=O) groups is 1. The summed E-state index contributed by atoms with van der Waals surface area (Å²) in [5, 5.41) is 2.92. The first-order valence-corrected chi connectivity index (χ1v) is 6.95. The highest BCUT2D eigenvalue weighted by Gasteiger charge is 2.29. The van der Waals surface area contributed by atoms with Crippen LogP contribution in [-0.4, -0.2) is 18.6 Å². The normalized spacial score (nSPS) is 19.4. The number of rotatable bonds is 4. The molecule has 1 aliphatic heterocycles. The summed E-state index contributed by atoms with van der Waals surface area (Å²) in [6.45, 7) is 0.680. The molecule has 0 aliphatic carbocycles. The maximum absolute atomic E-state index is 13.1. The van der Waals surface area contributed by atoms with Crippen LogP contribution in [0.1, 0.15) is 35.0 Å². The first-order valence-electron chi connectivity index (χ1n) is 6.95. The molecule has 0 radical (unpaired) electrons. The number of furan rings is 1. The van der Waals surface area contributed by atoms with Crippen molar-refractivity contribution in [3.05, 3.63) is 59.8 Å². The van der Waals surface area contributed by atoms with E-state index in [2.05, 4.69) is 5.32 Å². The zero-order valence-corrected chi connectivity index (χ0v) is 11.4. The fourth-order valence-electron chi connectivity index (χ4n) is 2.55. The second-order valence-electron chi connectivity index (χ2n) is 5.03. The van der Waals surface area contributed by atoms with Crippen LogP contribution in [0.5, 0.6) is 0 Å². The third-order valence-electron chi connectivity index (χ3n) is 3.60. The van der Waals surface area contributed by atoms with Gasteiger partial charge in [-0.05, 0) is 42.7 Å². The lowest BCUT2D eigenvalue weighted by Gasteiger charge is -2.24. The van der Waals surface area contributed by atoms with Gasteiger partial charge in [0, 0.05) is 6.61 Å². The maximum atomic E-state index is 13.1. The summed E-state index contributed by atoms with van der Waals surface area (Å²) in [6, 6.07) is 9.06. The van der Waals surface area contributed by atoms with E-state index in [1.54, 1.807) is 24.3 Å². The first kappa shape index (κ1) is 13.8. The molecular formula is C16H16FNO3. The molecule has 1 aromatic carbocycles. The highest BCUT2D eigenvalue weighted by Crippen LogP contribution is 2.27. The lowest BCUT2D eigenvalue weighted by atomic mass is 9.99. The number of benzene rings is 1. The summed E-state index contributed by atoms with van der Waals surface area (Å²) in [6.07, 6.45) is 3.17. The smallest absolute Gasteiger partial charge is 0.287 e. The molecule has 21 heavy (non-hydrogen) atoms. The predicted octanol–water partition coefficient (Wildman–Crippen LogP) is 3.07. The molecule has 0 saturated carbocycles. The molecule has 1 fully saturated rings. The Morgan fingerprint density at radius 1 is 1.29 bits per heavy atom. The Hall–Kier alpha value is -2.14. The van der Waals surface area contributed by atoms with E-state index < -0.39 is 0 Å².